The van der Waals surface area contributed by atoms with Crippen molar-refractivity contribution in [1.29, 1.82) is 0 Å². The lowest BCUT2D eigenvalue weighted by Gasteiger charge is -2.07. The van der Waals surface area contributed by atoms with Crippen molar-refractivity contribution in [2.45, 2.75) is 12.8 Å². The van der Waals surface area contributed by atoms with Crippen LogP contribution >= 0.6 is 15.9 Å². The van der Waals surface area contributed by atoms with Gasteiger partial charge in [-0.1, -0.05) is 40.1 Å². The Labute approximate surface area is 114 Å². The molecule has 1 saturated heterocycles. The van der Waals surface area contributed by atoms with Gasteiger partial charge in [-0.2, -0.15) is 4.98 Å². The molecule has 0 saturated carbocycles. The predicted octanol–water partition coefficient (Wildman–Crippen LogP) is 2.82. The molecule has 94 valence electrons. The van der Waals surface area contributed by atoms with E-state index in [9.17, 15) is 0 Å². The van der Waals surface area contributed by atoms with Gasteiger partial charge in [-0.3, -0.25) is 0 Å². The van der Waals surface area contributed by atoms with Gasteiger partial charge in [-0.15, -0.1) is 0 Å². The second-order valence-electron chi connectivity index (χ2n) is 4.71. The van der Waals surface area contributed by atoms with Crippen molar-refractivity contribution in [2.24, 2.45) is 5.92 Å². The Kier molecular flexibility index (Phi) is 3.18. The molecule has 1 aliphatic heterocycles. The van der Waals surface area contributed by atoms with Gasteiger partial charge in [0, 0.05) is 16.6 Å². The number of aromatic nitrogens is 2. The maximum atomic E-state index is 5.40. The van der Waals surface area contributed by atoms with Gasteiger partial charge in [0.1, 0.15) is 0 Å². The summed E-state index contributed by atoms with van der Waals surface area (Å²) in [5.41, 5.74) is 0.970. The predicted molar refractivity (Wildman–Crippen MR) is 72.2 cm³/mol. The monoisotopic (exact) mass is 307 g/mol. The number of halogens is 1. The zero-order chi connectivity index (χ0) is 12.5. The van der Waals surface area contributed by atoms with E-state index in [1.165, 1.54) is 0 Å². The number of hydrogen-bond donors (Lipinski definition) is 1. The molecule has 0 aliphatic carbocycles. The first-order valence-electron chi connectivity index (χ1n) is 6.04. The largest absolute Gasteiger partial charge is 0.339 e. The van der Waals surface area contributed by atoms with Crippen LogP contribution in [0.4, 0.5) is 0 Å². The highest BCUT2D eigenvalue weighted by atomic mass is 79.9. The average molecular weight is 308 g/mol. The van der Waals surface area contributed by atoms with Crippen LogP contribution in [0, 0.1) is 5.92 Å². The van der Waals surface area contributed by atoms with Crippen molar-refractivity contribution in [1.82, 2.24) is 15.5 Å². The zero-order valence-electron chi connectivity index (χ0n) is 10.1. The van der Waals surface area contributed by atoms with Gasteiger partial charge in [0.05, 0.1) is 5.92 Å². The van der Waals surface area contributed by atoms with E-state index in [4.69, 9.17) is 4.52 Å². The van der Waals surface area contributed by atoms with E-state index in [2.05, 4.69) is 38.3 Å². The molecule has 1 N–H and O–H groups in total. The summed E-state index contributed by atoms with van der Waals surface area (Å²) in [5.74, 6) is 2.27. The molecular weight excluding hydrogens is 294 g/mol. The van der Waals surface area contributed by atoms with E-state index in [0.717, 1.165) is 29.0 Å². The Morgan fingerprint density at radius 1 is 1.39 bits per heavy atom. The van der Waals surface area contributed by atoms with Crippen LogP contribution in [0.25, 0.3) is 11.4 Å². The second-order valence-corrected chi connectivity index (χ2v) is 5.62. The highest BCUT2D eigenvalue weighted by molar-refractivity contribution is 9.10. The molecule has 3 rings (SSSR count). The van der Waals surface area contributed by atoms with Crippen molar-refractivity contribution in [3.63, 3.8) is 0 Å². The summed E-state index contributed by atoms with van der Waals surface area (Å²) in [6.07, 6.45) is 0. The standard InChI is InChI=1S/C13H14BrN3O/c1-8-6-15-7-11(8)13-16-12(17-18-13)9-3-2-4-10(14)5-9/h2-5,8,11,15H,6-7H2,1H3/t8-,11-/m1/s1. The lowest BCUT2D eigenvalue weighted by atomic mass is 9.98. The third-order valence-electron chi connectivity index (χ3n) is 3.36. The van der Waals surface area contributed by atoms with E-state index >= 15 is 0 Å². The van der Waals surface area contributed by atoms with E-state index in [-0.39, 0.29) is 0 Å². The van der Waals surface area contributed by atoms with Crippen LogP contribution in [0.2, 0.25) is 0 Å². The second kappa shape index (κ2) is 4.82. The van der Waals surface area contributed by atoms with Gasteiger partial charge >= 0.3 is 0 Å². The Balaban J connectivity index is 1.89. The SMILES string of the molecule is C[C@@H]1CNC[C@H]1c1nc(-c2cccc(Br)c2)no1. The summed E-state index contributed by atoms with van der Waals surface area (Å²) in [5, 5.41) is 7.42. The molecular formula is C13H14BrN3O. The van der Waals surface area contributed by atoms with Crippen LogP contribution in [0.5, 0.6) is 0 Å². The normalized spacial score (nSPS) is 23.4. The lowest BCUT2D eigenvalue weighted by Crippen LogP contribution is -2.08. The highest BCUT2D eigenvalue weighted by Gasteiger charge is 2.29. The van der Waals surface area contributed by atoms with E-state index < -0.39 is 0 Å². The fraction of sp³-hybridized carbons (Fsp3) is 0.385. The Bertz CT molecular complexity index is 555. The van der Waals surface area contributed by atoms with Crippen LogP contribution in [0.15, 0.2) is 33.3 Å². The van der Waals surface area contributed by atoms with E-state index in [0.29, 0.717) is 17.7 Å². The number of nitrogens with zero attached hydrogens (tertiary/aromatic N) is 2. The van der Waals surface area contributed by atoms with Gasteiger partial charge in [-0.05, 0) is 24.6 Å². The fourth-order valence-corrected chi connectivity index (χ4v) is 2.67. The van der Waals surface area contributed by atoms with Crippen molar-refractivity contribution in [3.05, 3.63) is 34.6 Å². The molecule has 1 aliphatic rings. The average Bonchev–Trinajstić information content (AvgIpc) is 2.97. The summed E-state index contributed by atoms with van der Waals surface area (Å²) < 4.78 is 6.41. The highest BCUT2D eigenvalue weighted by Crippen LogP contribution is 2.28. The molecule has 1 aromatic carbocycles. The van der Waals surface area contributed by atoms with Crippen LogP contribution in [-0.2, 0) is 0 Å². The first kappa shape index (κ1) is 11.9. The van der Waals surface area contributed by atoms with Crippen LogP contribution < -0.4 is 5.32 Å². The number of nitrogens with one attached hydrogen (secondary N) is 1. The molecule has 0 radical (unpaired) electrons. The van der Waals surface area contributed by atoms with Crippen molar-refractivity contribution >= 4 is 15.9 Å². The molecule has 0 amide bonds. The smallest absolute Gasteiger partial charge is 0.231 e. The van der Waals surface area contributed by atoms with Gasteiger partial charge in [-0.25, -0.2) is 0 Å². The minimum atomic E-state index is 0.332. The molecule has 0 bridgehead atoms. The molecule has 1 aromatic heterocycles. The van der Waals surface area contributed by atoms with Crippen molar-refractivity contribution in [2.75, 3.05) is 13.1 Å². The lowest BCUT2D eigenvalue weighted by molar-refractivity contribution is 0.340. The third-order valence-corrected chi connectivity index (χ3v) is 3.85. The van der Waals surface area contributed by atoms with Crippen molar-refractivity contribution in [3.8, 4) is 11.4 Å². The zero-order valence-corrected chi connectivity index (χ0v) is 11.6. The topological polar surface area (TPSA) is 51.0 Å². The van der Waals surface area contributed by atoms with Crippen LogP contribution in [0.1, 0.15) is 18.7 Å². The molecule has 2 heterocycles. The molecule has 1 fully saturated rings. The summed E-state index contributed by atoms with van der Waals surface area (Å²) >= 11 is 3.45. The molecule has 0 unspecified atom stereocenters. The molecule has 2 aromatic rings. The maximum Gasteiger partial charge on any atom is 0.231 e. The van der Waals surface area contributed by atoms with Gasteiger partial charge in [0.25, 0.3) is 0 Å². The fourth-order valence-electron chi connectivity index (χ4n) is 2.27. The summed E-state index contributed by atoms with van der Waals surface area (Å²) in [6, 6.07) is 7.92. The van der Waals surface area contributed by atoms with E-state index in [1.807, 2.05) is 24.3 Å². The summed E-state index contributed by atoms with van der Waals surface area (Å²) in [6.45, 7) is 4.13. The molecule has 18 heavy (non-hydrogen) atoms. The summed E-state index contributed by atoms with van der Waals surface area (Å²) in [7, 11) is 0. The minimum absolute atomic E-state index is 0.332. The quantitative estimate of drug-likeness (QED) is 0.927. The Hall–Kier alpha value is -1.20. The number of benzene rings is 1. The van der Waals surface area contributed by atoms with Crippen molar-refractivity contribution < 1.29 is 4.52 Å². The van der Waals surface area contributed by atoms with Gasteiger partial charge in [0.2, 0.25) is 11.7 Å². The Morgan fingerprint density at radius 3 is 3.00 bits per heavy atom. The number of rotatable bonds is 2. The first-order valence-corrected chi connectivity index (χ1v) is 6.83. The molecule has 0 spiro atoms. The maximum absolute atomic E-state index is 5.40. The molecule has 5 heteroatoms. The first-order chi connectivity index (χ1) is 8.74. The summed E-state index contributed by atoms with van der Waals surface area (Å²) in [4.78, 5) is 4.52. The molecule has 2 atom stereocenters. The van der Waals surface area contributed by atoms with Crippen LogP contribution in [0.3, 0.4) is 0 Å². The van der Waals surface area contributed by atoms with Gasteiger partial charge in [0.15, 0.2) is 0 Å². The third kappa shape index (κ3) is 2.20. The molecule has 4 nitrogen and oxygen atoms in total. The minimum Gasteiger partial charge on any atom is -0.339 e. The number of hydrogen-bond acceptors (Lipinski definition) is 4. The van der Waals surface area contributed by atoms with Gasteiger partial charge < -0.3 is 9.84 Å². The van der Waals surface area contributed by atoms with Crippen LogP contribution in [-0.4, -0.2) is 23.2 Å². The van der Waals surface area contributed by atoms with E-state index in [1.54, 1.807) is 0 Å². The Morgan fingerprint density at radius 2 is 2.28 bits per heavy atom.